The molecule has 0 aliphatic carbocycles. The van der Waals surface area contributed by atoms with Crippen LogP contribution in [-0.4, -0.2) is 19.5 Å². The number of hydrogen-bond acceptors (Lipinski definition) is 1. The number of rotatable bonds is 1. The Hall–Kier alpha value is 0.110. The van der Waals surface area contributed by atoms with Crippen LogP contribution in [-0.2, 0) is 0 Å². The highest BCUT2D eigenvalue weighted by atomic mass is 35.5. The molecule has 4 heteroatoms. The monoisotopic (exact) mass is 171 g/mol. The van der Waals surface area contributed by atoms with Gasteiger partial charge in [0, 0.05) is 12.5 Å². The maximum Gasteiger partial charge on any atom is 0.242 e. The Bertz CT molecular complexity index is 83.8. The molecule has 0 aromatic rings. The molecule has 0 radical (unpaired) electrons. The van der Waals surface area contributed by atoms with Gasteiger partial charge in [0.15, 0.2) is 0 Å². The van der Waals surface area contributed by atoms with E-state index >= 15 is 0 Å². The number of halogens is 3. The van der Waals surface area contributed by atoms with Crippen LogP contribution in [0.25, 0.3) is 0 Å². The first-order chi connectivity index (χ1) is 4.30. The zero-order chi connectivity index (χ0) is 6.69. The molecule has 62 valence electrons. The van der Waals surface area contributed by atoms with Crippen LogP contribution in [0.2, 0.25) is 0 Å². The Morgan fingerprint density at radius 2 is 2.10 bits per heavy atom. The van der Waals surface area contributed by atoms with E-state index in [2.05, 4.69) is 5.32 Å². The standard InChI is InChI=1S/C6H11F2N.ClH/c7-6(8)5-2-1-3-9-4-5;/h5-6,9H,1-4H2;1H/t5-;/m1./s1. The fraction of sp³-hybridized carbons (Fsp3) is 1.00. The zero-order valence-corrected chi connectivity index (χ0v) is 6.46. The van der Waals surface area contributed by atoms with Crippen molar-refractivity contribution in [2.45, 2.75) is 19.3 Å². The maximum atomic E-state index is 11.9. The van der Waals surface area contributed by atoms with Crippen molar-refractivity contribution < 1.29 is 8.78 Å². The number of nitrogens with one attached hydrogen (secondary N) is 1. The first-order valence-electron chi connectivity index (χ1n) is 3.29. The molecule has 1 aliphatic rings. The van der Waals surface area contributed by atoms with Crippen molar-refractivity contribution >= 4 is 12.4 Å². The summed E-state index contributed by atoms with van der Waals surface area (Å²) in [7, 11) is 0. The maximum absolute atomic E-state index is 11.9. The van der Waals surface area contributed by atoms with Crippen LogP contribution in [0, 0.1) is 5.92 Å². The average molecular weight is 172 g/mol. The van der Waals surface area contributed by atoms with E-state index in [4.69, 9.17) is 0 Å². The fourth-order valence-electron chi connectivity index (χ4n) is 1.09. The van der Waals surface area contributed by atoms with E-state index in [9.17, 15) is 8.78 Å². The van der Waals surface area contributed by atoms with E-state index in [1.165, 1.54) is 0 Å². The van der Waals surface area contributed by atoms with Crippen LogP contribution in [0.5, 0.6) is 0 Å². The summed E-state index contributed by atoms with van der Waals surface area (Å²) in [5.41, 5.74) is 0. The molecule has 0 amide bonds. The lowest BCUT2D eigenvalue weighted by Gasteiger charge is -2.21. The third-order valence-electron chi connectivity index (χ3n) is 1.69. The first kappa shape index (κ1) is 10.1. The molecule has 1 heterocycles. The second-order valence-electron chi connectivity index (χ2n) is 2.44. The smallest absolute Gasteiger partial charge is 0.242 e. The minimum atomic E-state index is -2.13. The Kier molecular flexibility index (Phi) is 4.91. The van der Waals surface area contributed by atoms with Gasteiger partial charge in [-0.1, -0.05) is 0 Å². The molecule has 1 atom stereocenters. The molecular weight excluding hydrogens is 160 g/mol. The van der Waals surface area contributed by atoms with Gasteiger partial charge in [-0.3, -0.25) is 0 Å². The quantitative estimate of drug-likeness (QED) is 0.633. The molecule has 0 spiro atoms. The van der Waals surface area contributed by atoms with Crippen molar-refractivity contribution in [2.24, 2.45) is 5.92 Å². The van der Waals surface area contributed by atoms with Gasteiger partial charge in [-0.05, 0) is 19.4 Å². The SMILES string of the molecule is Cl.FC(F)[C@@H]1CCCNC1. The van der Waals surface area contributed by atoms with Crippen molar-refractivity contribution in [2.75, 3.05) is 13.1 Å². The van der Waals surface area contributed by atoms with Crippen LogP contribution in [0.4, 0.5) is 8.78 Å². The van der Waals surface area contributed by atoms with Gasteiger partial charge in [0.2, 0.25) is 6.43 Å². The molecule has 1 N–H and O–H groups in total. The highest BCUT2D eigenvalue weighted by Crippen LogP contribution is 2.17. The lowest BCUT2D eigenvalue weighted by Crippen LogP contribution is -2.33. The van der Waals surface area contributed by atoms with Crippen LogP contribution in [0.3, 0.4) is 0 Å². The fourth-order valence-corrected chi connectivity index (χ4v) is 1.09. The summed E-state index contributed by atoms with van der Waals surface area (Å²) in [5, 5.41) is 2.94. The van der Waals surface area contributed by atoms with Crippen molar-refractivity contribution in [3.05, 3.63) is 0 Å². The minimum Gasteiger partial charge on any atom is -0.316 e. The van der Waals surface area contributed by atoms with Crippen LogP contribution < -0.4 is 5.32 Å². The second-order valence-corrected chi connectivity index (χ2v) is 2.44. The first-order valence-corrected chi connectivity index (χ1v) is 3.29. The number of piperidine rings is 1. The van der Waals surface area contributed by atoms with Crippen molar-refractivity contribution in [3.8, 4) is 0 Å². The van der Waals surface area contributed by atoms with Crippen LogP contribution >= 0.6 is 12.4 Å². The predicted octanol–water partition coefficient (Wildman–Crippen LogP) is 1.67. The Morgan fingerprint density at radius 3 is 2.40 bits per heavy atom. The highest BCUT2D eigenvalue weighted by Gasteiger charge is 2.21. The van der Waals surface area contributed by atoms with Gasteiger partial charge >= 0.3 is 0 Å². The normalized spacial score (nSPS) is 26.1. The van der Waals surface area contributed by atoms with Crippen molar-refractivity contribution in [1.29, 1.82) is 0 Å². The molecule has 1 rings (SSSR count). The Labute approximate surface area is 65.6 Å². The van der Waals surface area contributed by atoms with Gasteiger partial charge in [-0.15, -0.1) is 12.4 Å². The highest BCUT2D eigenvalue weighted by molar-refractivity contribution is 5.85. The van der Waals surface area contributed by atoms with E-state index in [1.54, 1.807) is 0 Å². The second kappa shape index (κ2) is 4.85. The molecule has 0 aromatic carbocycles. The summed E-state index contributed by atoms with van der Waals surface area (Å²) in [6.45, 7) is 1.40. The molecule has 0 aromatic heterocycles. The largest absolute Gasteiger partial charge is 0.316 e. The molecule has 1 aliphatic heterocycles. The Balaban J connectivity index is 0.000000810. The molecule has 0 unspecified atom stereocenters. The van der Waals surface area contributed by atoms with Gasteiger partial charge in [-0.25, -0.2) is 8.78 Å². The summed E-state index contributed by atoms with van der Waals surface area (Å²) in [6, 6.07) is 0. The number of alkyl halides is 2. The topological polar surface area (TPSA) is 12.0 Å². The molecule has 0 bridgehead atoms. The van der Waals surface area contributed by atoms with Crippen LogP contribution in [0.1, 0.15) is 12.8 Å². The average Bonchev–Trinajstić information content (AvgIpc) is 1.90. The van der Waals surface area contributed by atoms with Gasteiger partial charge < -0.3 is 5.32 Å². The van der Waals surface area contributed by atoms with Gasteiger partial charge in [-0.2, -0.15) is 0 Å². The summed E-state index contributed by atoms with van der Waals surface area (Å²) in [4.78, 5) is 0. The zero-order valence-electron chi connectivity index (χ0n) is 5.65. The summed E-state index contributed by atoms with van der Waals surface area (Å²) in [6.07, 6.45) is -0.544. The molecule has 1 fully saturated rings. The van der Waals surface area contributed by atoms with E-state index in [1.807, 2.05) is 0 Å². The summed E-state index contributed by atoms with van der Waals surface area (Å²) < 4.78 is 23.8. The molecule has 1 nitrogen and oxygen atoms in total. The van der Waals surface area contributed by atoms with Crippen LogP contribution in [0.15, 0.2) is 0 Å². The van der Waals surface area contributed by atoms with Crippen molar-refractivity contribution in [3.63, 3.8) is 0 Å². The summed E-state index contributed by atoms with van der Waals surface area (Å²) >= 11 is 0. The minimum absolute atomic E-state index is 0. The van der Waals surface area contributed by atoms with Gasteiger partial charge in [0.1, 0.15) is 0 Å². The predicted molar refractivity (Wildman–Crippen MR) is 38.8 cm³/mol. The van der Waals surface area contributed by atoms with E-state index in [-0.39, 0.29) is 12.4 Å². The Morgan fingerprint density at radius 1 is 1.40 bits per heavy atom. The lowest BCUT2D eigenvalue weighted by atomic mass is 10.0. The molecular formula is C6H12ClF2N. The molecule has 0 saturated carbocycles. The third kappa shape index (κ3) is 2.80. The third-order valence-corrected chi connectivity index (χ3v) is 1.69. The molecule has 1 saturated heterocycles. The van der Waals surface area contributed by atoms with E-state index in [0.717, 1.165) is 13.0 Å². The van der Waals surface area contributed by atoms with Gasteiger partial charge in [0.05, 0.1) is 0 Å². The lowest BCUT2D eigenvalue weighted by molar-refractivity contribution is 0.0633. The number of hydrogen-bond donors (Lipinski definition) is 1. The molecule has 10 heavy (non-hydrogen) atoms. The summed E-state index contributed by atoms with van der Waals surface area (Å²) in [5.74, 6) is -0.390. The van der Waals surface area contributed by atoms with E-state index < -0.39 is 12.3 Å². The van der Waals surface area contributed by atoms with Crippen molar-refractivity contribution in [1.82, 2.24) is 5.32 Å². The van der Waals surface area contributed by atoms with Gasteiger partial charge in [0.25, 0.3) is 0 Å². The van der Waals surface area contributed by atoms with E-state index in [0.29, 0.717) is 13.0 Å².